The van der Waals surface area contributed by atoms with Gasteiger partial charge in [-0.1, -0.05) is 6.07 Å². The molecule has 1 N–H and O–H groups in total. The summed E-state index contributed by atoms with van der Waals surface area (Å²) in [5.41, 5.74) is 0.875. The summed E-state index contributed by atoms with van der Waals surface area (Å²) in [6, 6.07) is 9.33. The van der Waals surface area contributed by atoms with Crippen molar-refractivity contribution < 1.29 is 13.9 Å². The highest BCUT2D eigenvalue weighted by molar-refractivity contribution is 7.80. The Morgan fingerprint density at radius 3 is 2.88 bits per heavy atom. The molecule has 1 fully saturated rings. The van der Waals surface area contributed by atoms with Gasteiger partial charge in [-0.05, 0) is 43.4 Å². The molecule has 3 heterocycles. The lowest BCUT2D eigenvalue weighted by Crippen LogP contribution is -2.31. The van der Waals surface area contributed by atoms with E-state index in [9.17, 15) is 4.79 Å². The highest BCUT2D eigenvalue weighted by Crippen LogP contribution is 2.39. The van der Waals surface area contributed by atoms with Crippen LogP contribution in [0.25, 0.3) is 0 Å². The van der Waals surface area contributed by atoms with Gasteiger partial charge >= 0.3 is 5.97 Å². The first kappa shape index (κ1) is 16.4. The number of nitrogens with zero attached hydrogens (tertiary/aromatic N) is 2. The van der Waals surface area contributed by atoms with Crippen molar-refractivity contribution in [1.82, 2.24) is 15.2 Å². The average Bonchev–Trinajstić information content (AvgIpc) is 3.16. The highest BCUT2D eigenvalue weighted by atomic mass is 32.1. The fraction of sp³-hybridized carbons (Fsp3) is 0.353. The molecule has 1 aliphatic rings. The number of hydrogen-bond acceptors (Lipinski definition) is 5. The van der Waals surface area contributed by atoms with Crippen molar-refractivity contribution >= 4 is 23.3 Å². The van der Waals surface area contributed by atoms with Crippen LogP contribution < -0.4 is 5.32 Å². The fourth-order valence-corrected chi connectivity index (χ4v) is 3.21. The third-order valence-corrected chi connectivity index (χ3v) is 4.39. The normalized spacial score (nSPS) is 20.1. The lowest BCUT2D eigenvalue weighted by molar-refractivity contribution is -0.140. The molecule has 6 nitrogen and oxygen atoms in total. The number of rotatable bonds is 5. The Morgan fingerprint density at radius 2 is 2.25 bits per heavy atom. The van der Waals surface area contributed by atoms with Crippen LogP contribution in [0.15, 0.2) is 40.9 Å². The quantitative estimate of drug-likeness (QED) is 0.660. The van der Waals surface area contributed by atoms with Crippen molar-refractivity contribution in [2.75, 3.05) is 13.7 Å². The van der Waals surface area contributed by atoms with Crippen molar-refractivity contribution in [3.8, 4) is 0 Å². The Bertz CT molecular complexity index is 732. The first-order valence-electron chi connectivity index (χ1n) is 7.71. The number of carbonyl (C=O) groups is 1. The molecule has 0 unspecified atom stereocenters. The minimum Gasteiger partial charge on any atom is -0.469 e. The van der Waals surface area contributed by atoms with E-state index in [0.717, 1.165) is 17.2 Å². The maximum atomic E-state index is 11.5. The minimum absolute atomic E-state index is 0.137. The van der Waals surface area contributed by atoms with E-state index < -0.39 is 0 Å². The van der Waals surface area contributed by atoms with E-state index in [1.807, 2.05) is 42.2 Å². The molecule has 0 aromatic carbocycles. The molecule has 0 spiro atoms. The van der Waals surface area contributed by atoms with Crippen LogP contribution in [0.5, 0.6) is 0 Å². The molecule has 2 aromatic rings. The largest absolute Gasteiger partial charge is 0.469 e. The number of pyridine rings is 1. The van der Waals surface area contributed by atoms with Gasteiger partial charge < -0.3 is 19.4 Å². The molecule has 0 aliphatic carbocycles. The van der Waals surface area contributed by atoms with Crippen LogP contribution in [0.2, 0.25) is 0 Å². The first-order chi connectivity index (χ1) is 11.6. The van der Waals surface area contributed by atoms with E-state index in [4.69, 9.17) is 21.4 Å². The van der Waals surface area contributed by atoms with E-state index in [2.05, 4.69) is 10.3 Å². The highest BCUT2D eigenvalue weighted by Gasteiger charge is 2.41. The van der Waals surface area contributed by atoms with Crippen LogP contribution in [-0.2, 0) is 9.53 Å². The van der Waals surface area contributed by atoms with E-state index in [0.29, 0.717) is 11.7 Å². The fourth-order valence-electron chi connectivity index (χ4n) is 2.88. The molecule has 1 saturated heterocycles. The van der Waals surface area contributed by atoms with Gasteiger partial charge in [-0.25, -0.2) is 0 Å². The molecule has 3 rings (SSSR count). The zero-order valence-electron chi connectivity index (χ0n) is 13.6. The molecule has 0 bridgehead atoms. The van der Waals surface area contributed by atoms with Crippen LogP contribution in [0.4, 0.5) is 0 Å². The third kappa shape index (κ3) is 3.26. The third-order valence-electron chi connectivity index (χ3n) is 4.03. The number of furan rings is 1. The standard InChI is InChI=1S/C17H19N3O3S/c1-11-6-7-13(23-11)16-15(12-5-3-4-9-18-12)19-17(24)20(16)10-8-14(21)22-2/h3-7,9,15-16H,8,10H2,1-2H3,(H,19,24)/t15-,16+/m1/s1. The van der Waals surface area contributed by atoms with E-state index in [-0.39, 0.29) is 24.5 Å². The first-order valence-corrected chi connectivity index (χ1v) is 8.12. The smallest absolute Gasteiger partial charge is 0.307 e. The summed E-state index contributed by atoms with van der Waals surface area (Å²) in [4.78, 5) is 17.9. The predicted molar refractivity (Wildman–Crippen MR) is 92.2 cm³/mol. The van der Waals surface area contributed by atoms with Gasteiger partial charge in [-0.15, -0.1) is 0 Å². The van der Waals surface area contributed by atoms with Gasteiger partial charge in [0.2, 0.25) is 0 Å². The Labute approximate surface area is 145 Å². The molecule has 0 amide bonds. The second-order valence-electron chi connectivity index (χ2n) is 5.59. The van der Waals surface area contributed by atoms with Crippen molar-refractivity contribution in [2.45, 2.75) is 25.4 Å². The molecule has 1 aliphatic heterocycles. The number of ether oxygens (including phenoxy) is 1. The van der Waals surface area contributed by atoms with Crippen LogP contribution >= 0.6 is 12.2 Å². The predicted octanol–water partition coefficient (Wildman–Crippen LogP) is 2.52. The maximum Gasteiger partial charge on any atom is 0.307 e. The molecule has 2 aromatic heterocycles. The Balaban J connectivity index is 1.92. The molecule has 7 heteroatoms. The topological polar surface area (TPSA) is 67.6 Å². The molecule has 0 saturated carbocycles. The molecular weight excluding hydrogens is 326 g/mol. The van der Waals surface area contributed by atoms with Gasteiger partial charge in [-0.3, -0.25) is 9.78 Å². The number of aromatic nitrogens is 1. The Kier molecular flexibility index (Phi) is 4.80. The average molecular weight is 345 g/mol. The minimum atomic E-state index is -0.270. The van der Waals surface area contributed by atoms with Gasteiger partial charge in [0.15, 0.2) is 5.11 Å². The molecule has 2 atom stereocenters. The second kappa shape index (κ2) is 7.00. The summed E-state index contributed by atoms with van der Waals surface area (Å²) < 4.78 is 10.6. The van der Waals surface area contributed by atoms with Gasteiger partial charge in [0.1, 0.15) is 17.6 Å². The molecular formula is C17H19N3O3S. The van der Waals surface area contributed by atoms with Crippen molar-refractivity contribution in [3.63, 3.8) is 0 Å². The number of hydrogen-bond donors (Lipinski definition) is 1. The lowest BCUT2D eigenvalue weighted by Gasteiger charge is -2.25. The van der Waals surface area contributed by atoms with E-state index in [1.165, 1.54) is 7.11 Å². The van der Waals surface area contributed by atoms with Crippen LogP contribution in [0.3, 0.4) is 0 Å². The second-order valence-corrected chi connectivity index (χ2v) is 5.98. The number of carbonyl (C=O) groups excluding carboxylic acids is 1. The number of methoxy groups -OCH3 is 1. The molecule has 24 heavy (non-hydrogen) atoms. The van der Waals surface area contributed by atoms with Gasteiger partial charge in [0.05, 0.1) is 25.3 Å². The summed E-state index contributed by atoms with van der Waals surface area (Å²) in [5.74, 6) is 1.35. The number of aryl methyl sites for hydroxylation is 1. The zero-order valence-corrected chi connectivity index (χ0v) is 14.4. The molecule has 0 radical (unpaired) electrons. The SMILES string of the molecule is COC(=O)CCN1C(=S)N[C@H](c2ccccn2)[C@@H]1c1ccc(C)o1. The van der Waals surface area contributed by atoms with Crippen molar-refractivity contribution in [2.24, 2.45) is 0 Å². The van der Waals surface area contributed by atoms with Crippen LogP contribution in [0.1, 0.15) is 35.7 Å². The number of esters is 1. The number of thiocarbonyl (C=S) groups is 1. The van der Waals surface area contributed by atoms with Gasteiger partial charge in [0, 0.05) is 12.7 Å². The summed E-state index contributed by atoms with van der Waals surface area (Å²) in [6.07, 6.45) is 2.01. The molecule has 126 valence electrons. The summed E-state index contributed by atoms with van der Waals surface area (Å²) in [6.45, 7) is 2.35. The van der Waals surface area contributed by atoms with Gasteiger partial charge in [-0.2, -0.15) is 0 Å². The van der Waals surface area contributed by atoms with E-state index in [1.54, 1.807) is 6.20 Å². The summed E-state index contributed by atoms with van der Waals surface area (Å²) in [7, 11) is 1.38. The Morgan fingerprint density at radius 1 is 1.42 bits per heavy atom. The summed E-state index contributed by atoms with van der Waals surface area (Å²) >= 11 is 5.48. The van der Waals surface area contributed by atoms with Crippen molar-refractivity contribution in [3.05, 3.63) is 53.7 Å². The van der Waals surface area contributed by atoms with E-state index >= 15 is 0 Å². The van der Waals surface area contributed by atoms with Crippen LogP contribution in [0, 0.1) is 6.92 Å². The summed E-state index contributed by atoms with van der Waals surface area (Å²) in [5, 5.41) is 3.88. The number of nitrogens with one attached hydrogen (secondary N) is 1. The monoisotopic (exact) mass is 345 g/mol. The maximum absolute atomic E-state index is 11.5. The van der Waals surface area contributed by atoms with Crippen LogP contribution in [-0.4, -0.2) is 34.6 Å². The zero-order chi connectivity index (χ0) is 17.1. The lowest BCUT2D eigenvalue weighted by atomic mass is 10.0. The van der Waals surface area contributed by atoms with Crippen molar-refractivity contribution in [1.29, 1.82) is 0 Å². The Hall–Kier alpha value is -2.41. The van der Waals surface area contributed by atoms with Gasteiger partial charge in [0.25, 0.3) is 0 Å².